The number of piperidine rings is 2. The Morgan fingerprint density at radius 1 is 1.29 bits per heavy atom. The van der Waals surface area contributed by atoms with E-state index in [1.54, 1.807) is 12.1 Å². The Bertz CT molecular complexity index is 697. The molecular weight excluding hydrogens is 266 g/mol. The predicted molar refractivity (Wildman–Crippen MR) is 79.1 cm³/mol. The van der Waals surface area contributed by atoms with E-state index in [1.165, 1.54) is 25.9 Å². The first kappa shape index (κ1) is 12.8. The summed E-state index contributed by atoms with van der Waals surface area (Å²) in [5, 5.41) is 0. The van der Waals surface area contributed by atoms with Crippen LogP contribution in [0.1, 0.15) is 41.9 Å². The number of nitrogens with zero attached hydrogens (tertiary/aromatic N) is 2. The van der Waals surface area contributed by atoms with Crippen molar-refractivity contribution in [3.63, 3.8) is 0 Å². The minimum atomic E-state index is -0.463. The van der Waals surface area contributed by atoms with Crippen molar-refractivity contribution in [3.05, 3.63) is 29.7 Å². The highest BCUT2D eigenvalue weighted by atomic mass is 16.4. The Morgan fingerprint density at radius 3 is 2.76 bits per heavy atom. The number of rotatable bonds is 2. The number of aromatic nitrogens is 1. The summed E-state index contributed by atoms with van der Waals surface area (Å²) < 4.78 is 6.04. The molecule has 0 atom stereocenters. The van der Waals surface area contributed by atoms with E-state index in [-0.39, 0.29) is 5.41 Å². The molecule has 0 saturated carbocycles. The summed E-state index contributed by atoms with van der Waals surface area (Å²) in [6.07, 6.45) is 4.59. The van der Waals surface area contributed by atoms with Gasteiger partial charge in [0.25, 0.3) is 5.91 Å². The lowest BCUT2D eigenvalue weighted by molar-refractivity contribution is 0.0768. The third-order valence-corrected chi connectivity index (χ3v) is 4.92. The summed E-state index contributed by atoms with van der Waals surface area (Å²) in [7, 11) is 0. The van der Waals surface area contributed by atoms with E-state index in [1.807, 2.05) is 6.07 Å². The summed E-state index contributed by atoms with van der Waals surface area (Å²) in [5.41, 5.74) is 7.15. The first-order chi connectivity index (χ1) is 10.2. The van der Waals surface area contributed by atoms with Crippen LogP contribution in [0.5, 0.6) is 0 Å². The molecule has 0 unspecified atom stereocenters. The van der Waals surface area contributed by atoms with E-state index in [0.717, 1.165) is 30.8 Å². The average Bonchev–Trinajstić information content (AvgIpc) is 2.91. The van der Waals surface area contributed by atoms with Crippen molar-refractivity contribution >= 4 is 17.0 Å². The van der Waals surface area contributed by atoms with Gasteiger partial charge in [0.05, 0.1) is 11.0 Å². The molecule has 2 saturated heterocycles. The second-order valence-corrected chi connectivity index (χ2v) is 6.30. The number of hydrogen-bond acceptors (Lipinski definition) is 4. The van der Waals surface area contributed by atoms with Gasteiger partial charge in [-0.1, -0.05) is 6.07 Å². The normalized spacial score (nSPS) is 28.7. The SMILES string of the molecule is NC(=O)c1cccc2nc(C34CCCN(CCC3)C4)oc12. The van der Waals surface area contributed by atoms with Crippen molar-refractivity contribution in [1.29, 1.82) is 0 Å². The maximum absolute atomic E-state index is 11.5. The van der Waals surface area contributed by atoms with Crippen molar-refractivity contribution in [3.8, 4) is 0 Å². The third kappa shape index (κ3) is 1.95. The van der Waals surface area contributed by atoms with Crippen LogP contribution < -0.4 is 5.73 Å². The van der Waals surface area contributed by atoms with Gasteiger partial charge in [-0.05, 0) is 50.9 Å². The molecule has 3 heterocycles. The zero-order valence-corrected chi connectivity index (χ0v) is 12.0. The fourth-order valence-electron chi connectivity index (χ4n) is 3.91. The van der Waals surface area contributed by atoms with Gasteiger partial charge >= 0.3 is 0 Å². The quantitative estimate of drug-likeness (QED) is 0.916. The van der Waals surface area contributed by atoms with Crippen LogP contribution >= 0.6 is 0 Å². The van der Waals surface area contributed by atoms with Crippen molar-refractivity contribution in [2.45, 2.75) is 31.1 Å². The zero-order chi connectivity index (χ0) is 14.4. The smallest absolute Gasteiger partial charge is 0.252 e. The predicted octanol–water partition coefficient (Wildman–Crippen LogP) is 2.05. The molecule has 2 aliphatic heterocycles. The molecule has 2 aromatic rings. The van der Waals surface area contributed by atoms with E-state index in [4.69, 9.17) is 10.2 Å². The molecule has 4 rings (SSSR count). The lowest BCUT2D eigenvalue weighted by Crippen LogP contribution is -2.50. The molecule has 110 valence electrons. The van der Waals surface area contributed by atoms with Gasteiger partial charge in [-0.25, -0.2) is 4.98 Å². The van der Waals surface area contributed by atoms with Gasteiger partial charge in [0.2, 0.25) is 5.89 Å². The molecule has 1 amide bonds. The molecule has 0 radical (unpaired) electrons. The van der Waals surface area contributed by atoms with Crippen LogP contribution in [0.2, 0.25) is 0 Å². The van der Waals surface area contributed by atoms with Gasteiger partial charge in [-0.15, -0.1) is 0 Å². The van der Waals surface area contributed by atoms with E-state index in [2.05, 4.69) is 9.88 Å². The maximum Gasteiger partial charge on any atom is 0.252 e. The minimum Gasteiger partial charge on any atom is -0.439 e. The number of hydrogen-bond donors (Lipinski definition) is 1. The highest BCUT2D eigenvalue weighted by Gasteiger charge is 2.43. The molecule has 2 bridgehead atoms. The van der Waals surface area contributed by atoms with Gasteiger partial charge in [-0.2, -0.15) is 0 Å². The van der Waals surface area contributed by atoms with E-state index >= 15 is 0 Å². The van der Waals surface area contributed by atoms with Crippen molar-refractivity contribution < 1.29 is 9.21 Å². The van der Waals surface area contributed by atoms with Crippen LogP contribution in [0.25, 0.3) is 11.1 Å². The molecule has 0 aliphatic carbocycles. The lowest BCUT2D eigenvalue weighted by atomic mass is 9.73. The first-order valence-corrected chi connectivity index (χ1v) is 7.60. The highest BCUT2D eigenvalue weighted by molar-refractivity contribution is 6.03. The van der Waals surface area contributed by atoms with Crippen LogP contribution in [0.15, 0.2) is 22.6 Å². The summed E-state index contributed by atoms with van der Waals surface area (Å²) in [5.74, 6) is 0.324. The fraction of sp³-hybridized carbons (Fsp3) is 0.500. The van der Waals surface area contributed by atoms with Crippen LogP contribution in [-0.4, -0.2) is 35.4 Å². The zero-order valence-electron chi connectivity index (χ0n) is 12.0. The molecule has 0 spiro atoms. The van der Waals surface area contributed by atoms with Gasteiger partial charge in [-0.3, -0.25) is 4.79 Å². The second kappa shape index (κ2) is 4.56. The van der Waals surface area contributed by atoms with Crippen LogP contribution in [0.4, 0.5) is 0 Å². The highest BCUT2D eigenvalue weighted by Crippen LogP contribution is 2.42. The standard InChI is InChI=1S/C16H19N3O2/c17-14(20)11-4-1-5-12-13(11)21-15(18-12)16-6-2-8-19(10-16)9-3-7-16/h1,4-5H,2-3,6-10H2,(H2,17,20). The number of benzene rings is 1. The number of amides is 1. The van der Waals surface area contributed by atoms with Crippen molar-refractivity contribution in [1.82, 2.24) is 9.88 Å². The summed E-state index contributed by atoms with van der Waals surface area (Å²) >= 11 is 0. The number of nitrogens with two attached hydrogens (primary N) is 1. The number of carbonyl (C=O) groups is 1. The van der Waals surface area contributed by atoms with Crippen LogP contribution in [0, 0.1) is 0 Å². The Kier molecular flexibility index (Phi) is 2.79. The number of primary amides is 1. The van der Waals surface area contributed by atoms with Crippen LogP contribution in [0.3, 0.4) is 0 Å². The third-order valence-electron chi connectivity index (χ3n) is 4.92. The average molecular weight is 285 g/mol. The largest absolute Gasteiger partial charge is 0.439 e. The van der Waals surface area contributed by atoms with Crippen molar-refractivity contribution in [2.24, 2.45) is 5.73 Å². The van der Waals surface area contributed by atoms with Crippen molar-refractivity contribution in [2.75, 3.05) is 19.6 Å². The molecule has 5 nitrogen and oxygen atoms in total. The summed E-state index contributed by atoms with van der Waals surface area (Å²) in [6.45, 7) is 3.37. The summed E-state index contributed by atoms with van der Waals surface area (Å²) in [6, 6.07) is 5.39. The molecule has 2 aliphatic rings. The van der Waals surface area contributed by atoms with Gasteiger partial charge in [0.15, 0.2) is 5.58 Å². The molecular formula is C16H19N3O2. The van der Waals surface area contributed by atoms with E-state index < -0.39 is 5.91 Å². The monoisotopic (exact) mass is 285 g/mol. The Labute approximate surface area is 123 Å². The summed E-state index contributed by atoms with van der Waals surface area (Å²) in [4.78, 5) is 18.7. The van der Waals surface area contributed by atoms with Gasteiger partial charge < -0.3 is 15.1 Å². The maximum atomic E-state index is 11.5. The Hall–Kier alpha value is -1.88. The lowest BCUT2D eigenvalue weighted by Gasteiger charge is -2.45. The molecule has 21 heavy (non-hydrogen) atoms. The van der Waals surface area contributed by atoms with E-state index in [9.17, 15) is 4.79 Å². The van der Waals surface area contributed by atoms with Crippen LogP contribution in [-0.2, 0) is 5.41 Å². The topological polar surface area (TPSA) is 72.4 Å². The number of oxazole rings is 1. The van der Waals surface area contributed by atoms with Gasteiger partial charge in [0.1, 0.15) is 5.52 Å². The molecule has 5 heteroatoms. The Morgan fingerprint density at radius 2 is 2.05 bits per heavy atom. The molecule has 1 aromatic carbocycles. The second-order valence-electron chi connectivity index (χ2n) is 6.30. The molecule has 1 aromatic heterocycles. The number of fused-ring (bicyclic) bond motifs is 3. The molecule has 2 fully saturated rings. The Balaban J connectivity index is 1.83. The first-order valence-electron chi connectivity index (χ1n) is 7.60. The van der Waals surface area contributed by atoms with Gasteiger partial charge in [0, 0.05) is 6.54 Å². The number of carbonyl (C=O) groups excluding carboxylic acids is 1. The number of para-hydroxylation sites is 1. The molecule has 2 N–H and O–H groups in total. The fourth-order valence-corrected chi connectivity index (χ4v) is 3.91. The van der Waals surface area contributed by atoms with E-state index in [0.29, 0.717) is 11.1 Å². The minimum absolute atomic E-state index is 0.0183.